The summed E-state index contributed by atoms with van der Waals surface area (Å²) < 4.78 is 10.5. The molecule has 0 aliphatic rings. The van der Waals surface area contributed by atoms with Crippen LogP contribution in [0.25, 0.3) is 0 Å². The number of guanidine groups is 1. The third-order valence-electron chi connectivity index (χ3n) is 3.58. The van der Waals surface area contributed by atoms with E-state index in [2.05, 4.69) is 52.8 Å². The molecule has 1 aromatic carbocycles. The molecule has 0 unspecified atom stereocenters. The van der Waals surface area contributed by atoms with Gasteiger partial charge in [0.15, 0.2) is 11.7 Å². The molecule has 0 atom stereocenters. The van der Waals surface area contributed by atoms with Gasteiger partial charge in [-0.25, -0.2) is 0 Å². The molecule has 0 amide bonds. The van der Waals surface area contributed by atoms with E-state index in [9.17, 15) is 0 Å². The quantitative estimate of drug-likeness (QED) is 0.603. The van der Waals surface area contributed by atoms with Gasteiger partial charge in [0.05, 0.1) is 18.8 Å². The van der Waals surface area contributed by atoms with Crippen LogP contribution in [-0.2, 0) is 24.4 Å². The van der Waals surface area contributed by atoms with Crippen LogP contribution in [0.4, 0.5) is 0 Å². The Balaban J connectivity index is 1.84. The normalized spacial score (nSPS) is 11.8. The van der Waals surface area contributed by atoms with Gasteiger partial charge in [-0.05, 0) is 17.0 Å². The van der Waals surface area contributed by atoms with E-state index >= 15 is 0 Å². The molecular formula is C18H26N4O2. The van der Waals surface area contributed by atoms with E-state index < -0.39 is 0 Å². The number of ether oxygens (including phenoxy) is 1. The second-order valence-corrected chi connectivity index (χ2v) is 5.91. The summed E-state index contributed by atoms with van der Waals surface area (Å²) in [5.41, 5.74) is 3.29. The van der Waals surface area contributed by atoms with Crippen molar-refractivity contribution in [1.29, 1.82) is 0 Å². The van der Waals surface area contributed by atoms with Gasteiger partial charge in [0.1, 0.15) is 0 Å². The smallest absolute Gasteiger partial charge is 0.191 e. The second-order valence-electron chi connectivity index (χ2n) is 5.91. The third-order valence-corrected chi connectivity index (χ3v) is 3.58. The number of benzene rings is 1. The molecule has 2 rings (SSSR count). The third kappa shape index (κ3) is 5.38. The summed E-state index contributed by atoms with van der Waals surface area (Å²) in [6.07, 6.45) is 0. The summed E-state index contributed by atoms with van der Waals surface area (Å²) >= 11 is 0. The van der Waals surface area contributed by atoms with Crippen molar-refractivity contribution in [3.63, 3.8) is 0 Å². The summed E-state index contributed by atoms with van der Waals surface area (Å²) in [4.78, 5) is 4.23. The lowest BCUT2D eigenvalue weighted by Crippen LogP contribution is -2.36. The molecule has 0 bridgehead atoms. The maximum Gasteiger partial charge on any atom is 0.191 e. The number of nitrogens with zero attached hydrogens (tertiary/aromatic N) is 2. The molecule has 1 aromatic heterocycles. The van der Waals surface area contributed by atoms with Crippen molar-refractivity contribution >= 4 is 5.96 Å². The highest BCUT2D eigenvalue weighted by molar-refractivity contribution is 5.79. The monoisotopic (exact) mass is 330 g/mol. The fraction of sp³-hybridized carbons (Fsp3) is 0.444. The minimum atomic E-state index is 0.360. The Morgan fingerprint density at radius 3 is 2.62 bits per heavy atom. The number of hydrogen-bond donors (Lipinski definition) is 2. The second kappa shape index (κ2) is 9.08. The molecule has 6 nitrogen and oxygen atoms in total. The molecule has 2 aromatic rings. The van der Waals surface area contributed by atoms with Gasteiger partial charge in [0.2, 0.25) is 0 Å². The molecule has 0 aliphatic heterocycles. The van der Waals surface area contributed by atoms with Crippen LogP contribution in [0.3, 0.4) is 0 Å². The van der Waals surface area contributed by atoms with Crippen LogP contribution < -0.4 is 10.6 Å². The first-order chi connectivity index (χ1) is 11.6. The minimum absolute atomic E-state index is 0.360. The number of aliphatic imine (C=N–C) groups is 1. The lowest BCUT2D eigenvalue weighted by molar-refractivity contribution is 0.185. The van der Waals surface area contributed by atoms with Crippen molar-refractivity contribution in [3.05, 3.63) is 52.9 Å². The van der Waals surface area contributed by atoms with E-state index in [0.717, 1.165) is 23.0 Å². The maximum atomic E-state index is 5.32. The van der Waals surface area contributed by atoms with Crippen molar-refractivity contribution in [1.82, 2.24) is 15.8 Å². The first-order valence-electron chi connectivity index (χ1n) is 8.09. The molecule has 0 fully saturated rings. The Kier molecular flexibility index (Phi) is 6.81. The summed E-state index contributed by atoms with van der Waals surface area (Å²) in [5, 5.41) is 10.6. The summed E-state index contributed by atoms with van der Waals surface area (Å²) in [6, 6.07) is 10.2. The molecule has 1 heterocycles. The predicted molar refractivity (Wildman–Crippen MR) is 94.8 cm³/mol. The van der Waals surface area contributed by atoms with Crippen molar-refractivity contribution in [2.24, 2.45) is 4.99 Å². The molecule has 6 heteroatoms. The first kappa shape index (κ1) is 18.0. The fourth-order valence-corrected chi connectivity index (χ4v) is 2.26. The van der Waals surface area contributed by atoms with Crippen molar-refractivity contribution in [3.8, 4) is 0 Å². The standard InChI is InChI=1S/C18H26N4O2/c1-13(2)17-9-16(24-22-17)11-21-18(19-3)20-10-14-6-5-7-15(8-14)12-23-4/h5-9,13H,10-12H2,1-4H3,(H2,19,20,21). The molecule has 0 saturated carbocycles. The van der Waals surface area contributed by atoms with Gasteiger partial charge in [0.25, 0.3) is 0 Å². The molecule has 130 valence electrons. The highest BCUT2D eigenvalue weighted by Crippen LogP contribution is 2.13. The van der Waals surface area contributed by atoms with Crippen LogP contribution in [0.1, 0.15) is 42.3 Å². The SMILES string of the molecule is CN=C(NCc1cccc(COC)c1)NCc1cc(C(C)C)no1. The average Bonchev–Trinajstić information content (AvgIpc) is 3.05. The van der Waals surface area contributed by atoms with Gasteiger partial charge in [-0.3, -0.25) is 4.99 Å². The number of methoxy groups -OCH3 is 1. The van der Waals surface area contributed by atoms with Gasteiger partial charge in [-0.15, -0.1) is 0 Å². The van der Waals surface area contributed by atoms with E-state index in [1.807, 2.05) is 12.1 Å². The topological polar surface area (TPSA) is 71.7 Å². The van der Waals surface area contributed by atoms with Gasteiger partial charge < -0.3 is 19.9 Å². The molecule has 24 heavy (non-hydrogen) atoms. The van der Waals surface area contributed by atoms with Crippen LogP contribution in [0.5, 0.6) is 0 Å². The Hall–Kier alpha value is -2.34. The van der Waals surface area contributed by atoms with Gasteiger partial charge in [-0.1, -0.05) is 43.3 Å². The molecule has 0 spiro atoms. The minimum Gasteiger partial charge on any atom is -0.380 e. The molecule has 0 radical (unpaired) electrons. The predicted octanol–water partition coefficient (Wildman–Crippen LogP) is 2.81. The largest absolute Gasteiger partial charge is 0.380 e. The summed E-state index contributed by atoms with van der Waals surface area (Å²) in [7, 11) is 3.45. The van der Waals surface area contributed by atoms with E-state index in [0.29, 0.717) is 25.6 Å². The summed E-state index contributed by atoms with van der Waals surface area (Å²) in [6.45, 7) is 6.03. The Morgan fingerprint density at radius 1 is 1.21 bits per heavy atom. The number of aromatic nitrogens is 1. The number of hydrogen-bond acceptors (Lipinski definition) is 4. The van der Waals surface area contributed by atoms with Crippen LogP contribution in [0, 0.1) is 0 Å². The van der Waals surface area contributed by atoms with Crippen LogP contribution in [-0.4, -0.2) is 25.3 Å². The highest BCUT2D eigenvalue weighted by atomic mass is 16.5. The zero-order valence-electron chi connectivity index (χ0n) is 14.8. The Bertz CT molecular complexity index is 665. The van der Waals surface area contributed by atoms with Crippen LogP contribution in [0.15, 0.2) is 39.8 Å². The van der Waals surface area contributed by atoms with E-state index in [-0.39, 0.29) is 0 Å². The molecular weight excluding hydrogens is 304 g/mol. The van der Waals surface area contributed by atoms with Gasteiger partial charge >= 0.3 is 0 Å². The van der Waals surface area contributed by atoms with Crippen LogP contribution >= 0.6 is 0 Å². The lowest BCUT2D eigenvalue weighted by Gasteiger charge is -2.11. The van der Waals surface area contributed by atoms with E-state index in [4.69, 9.17) is 9.26 Å². The van der Waals surface area contributed by atoms with E-state index in [1.54, 1.807) is 14.2 Å². The highest BCUT2D eigenvalue weighted by Gasteiger charge is 2.08. The average molecular weight is 330 g/mol. The zero-order chi connectivity index (χ0) is 17.4. The van der Waals surface area contributed by atoms with Crippen molar-refractivity contribution in [2.75, 3.05) is 14.2 Å². The first-order valence-corrected chi connectivity index (χ1v) is 8.09. The molecule has 2 N–H and O–H groups in total. The Morgan fingerprint density at radius 2 is 1.96 bits per heavy atom. The van der Waals surface area contributed by atoms with Crippen LogP contribution in [0.2, 0.25) is 0 Å². The lowest BCUT2D eigenvalue weighted by atomic mass is 10.1. The maximum absolute atomic E-state index is 5.32. The molecule has 0 aliphatic carbocycles. The number of nitrogens with one attached hydrogen (secondary N) is 2. The molecule has 0 saturated heterocycles. The van der Waals surface area contributed by atoms with Crippen molar-refractivity contribution in [2.45, 2.75) is 39.5 Å². The van der Waals surface area contributed by atoms with Gasteiger partial charge in [-0.2, -0.15) is 0 Å². The number of rotatable bonds is 7. The van der Waals surface area contributed by atoms with Gasteiger partial charge in [0, 0.05) is 26.8 Å². The fourth-order valence-electron chi connectivity index (χ4n) is 2.26. The zero-order valence-corrected chi connectivity index (χ0v) is 14.8. The van der Waals surface area contributed by atoms with Crippen molar-refractivity contribution < 1.29 is 9.26 Å². The Labute approximate surface area is 143 Å². The van der Waals surface area contributed by atoms with E-state index in [1.165, 1.54) is 5.56 Å². The summed E-state index contributed by atoms with van der Waals surface area (Å²) in [5.74, 6) is 1.87.